The quantitative estimate of drug-likeness (QED) is 0.488. The van der Waals surface area contributed by atoms with Gasteiger partial charge in [0.05, 0.1) is 23.8 Å². The molecule has 1 aromatic carbocycles. The molecule has 0 radical (unpaired) electrons. The van der Waals surface area contributed by atoms with E-state index in [0.29, 0.717) is 23.9 Å². The first-order valence-corrected chi connectivity index (χ1v) is 8.23. The molecule has 28 heavy (non-hydrogen) atoms. The fourth-order valence-electron chi connectivity index (χ4n) is 2.67. The van der Waals surface area contributed by atoms with E-state index in [9.17, 15) is 13.2 Å². The predicted octanol–water partition coefficient (Wildman–Crippen LogP) is 3.60. The van der Waals surface area contributed by atoms with Gasteiger partial charge in [0.1, 0.15) is 11.8 Å². The molecule has 7 nitrogen and oxygen atoms in total. The number of hydrogen-bond acceptors (Lipinski definition) is 5. The Labute approximate surface area is 160 Å². The van der Waals surface area contributed by atoms with Gasteiger partial charge in [0.2, 0.25) is 5.28 Å². The van der Waals surface area contributed by atoms with E-state index in [1.165, 1.54) is 0 Å². The van der Waals surface area contributed by atoms with Gasteiger partial charge in [-0.2, -0.15) is 33.6 Å². The molecular formula is C17H9ClF3N7. The molecule has 0 aliphatic carbocycles. The van der Waals surface area contributed by atoms with Gasteiger partial charge in [-0.1, -0.05) is 12.1 Å². The van der Waals surface area contributed by atoms with Crippen LogP contribution in [0, 0.1) is 11.3 Å². The second-order valence-corrected chi connectivity index (χ2v) is 6.16. The number of halogens is 4. The molecule has 0 aliphatic heterocycles. The highest BCUT2D eigenvalue weighted by Crippen LogP contribution is 2.29. The normalized spacial score (nSPS) is 11.7. The summed E-state index contributed by atoms with van der Waals surface area (Å²) in [5.74, 6) is 0. The Balaban J connectivity index is 1.63. The maximum Gasteiger partial charge on any atom is 0.435 e. The SMILES string of the molecule is N#Cc1cc(C(F)(F)F)nn1-c1ccc(Cn2ncc3cnc(Cl)nc32)cc1. The summed E-state index contributed by atoms with van der Waals surface area (Å²) in [6.45, 7) is 0.370. The molecule has 4 aromatic rings. The summed E-state index contributed by atoms with van der Waals surface area (Å²) in [6.07, 6.45) is -1.45. The first kappa shape index (κ1) is 17.9. The lowest BCUT2D eigenvalue weighted by atomic mass is 10.2. The molecule has 4 rings (SSSR count). The number of aromatic nitrogens is 6. The van der Waals surface area contributed by atoms with E-state index in [4.69, 9.17) is 16.9 Å². The maximum atomic E-state index is 12.9. The lowest BCUT2D eigenvalue weighted by Crippen LogP contribution is -2.07. The van der Waals surface area contributed by atoms with Crippen molar-refractivity contribution in [2.24, 2.45) is 0 Å². The minimum absolute atomic E-state index is 0.104. The molecule has 0 saturated heterocycles. The van der Waals surface area contributed by atoms with Gasteiger partial charge in [0, 0.05) is 12.3 Å². The van der Waals surface area contributed by atoms with Crippen molar-refractivity contribution in [2.75, 3.05) is 0 Å². The Bertz CT molecular complexity index is 1200. The van der Waals surface area contributed by atoms with Crippen LogP contribution in [-0.4, -0.2) is 29.5 Å². The van der Waals surface area contributed by atoms with Crippen molar-refractivity contribution in [3.63, 3.8) is 0 Å². The monoisotopic (exact) mass is 403 g/mol. The molecule has 11 heteroatoms. The van der Waals surface area contributed by atoms with Crippen LogP contribution in [0.25, 0.3) is 16.7 Å². The van der Waals surface area contributed by atoms with E-state index in [0.717, 1.165) is 15.6 Å². The van der Waals surface area contributed by atoms with Gasteiger partial charge in [0.15, 0.2) is 11.3 Å². The van der Waals surface area contributed by atoms with E-state index >= 15 is 0 Å². The predicted molar refractivity (Wildman–Crippen MR) is 92.7 cm³/mol. The zero-order chi connectivity index (χ0) is 19.9. The fraction of sp³-hybridized carbons (Fsp3) is 0.118. The number of alkyl halides is 3. The van der Waals surface area contributed by atoms with Gasteiger partial charge < -0.3 is 0 Å². The summed E-state index contributed by atoms with van der Waals surface area (Å²) in [5, 5.41) is 17.7. The number of benzene rings is 1. The van der Waals surface area contributed by atoms with Crippen molar-refractivity contribution in [2.45, 2.75) is 12.7 Å². The highest BCUT2D eigenvalue weighted by Gasteiger charge is 2.35. The molecule has 0 saturated carbocycles. The van der Waals surface area contributed by atoms with Crippen LogP contribution in [0.2, 0.25) is 5.28 Å². The topological polar surface area (TPSA) is 85.2 Å². The third-order valence-electron chi connectivity index (χ3n) is 3.97. The van der Waals surface area contributed by atoms with Gasteiger partial charge in [-0.05, 0) is 29.3 Å². The molecule has 0 aliphatic rings. The highest BCUT2D eigenvalue weighted by molar-refractivity contribution is 6.28. The number of nitrogens with zero attached hydrogens (tertiary/aromatic N) is 7. The van der Waals surface area contributed by atoms with Crippen LogP contribution in [0.1, 0.15) is 17.0 Å². The van der Waals surface area contributed by atoms with Crippen molar-refractivity contribution >= 4 is 22.6 Å². The molecule has 0 spiro atoms. The van der Waals surface area contributed by atoms with E-state index in [-0.39, 0.29) is 11.0 Å². The van der Waals surface area contributed by atoms with Crippen molar-refractivity contribution in [3.8, 4) is 11.8 Å². The summed E-state index contributed by atoms with van der Waals surface area (Å²) < 4.78 is 41.1. The molecular weight excluding hydrogens is 395 g/mol. The summed E-state index contributed by atoms with van der Waals surface area (Å²) in [4.78, 5) is 8.04. The zero-order valence-electron chi connectivity index (χ0n) is 13.9. The van der Waals surface area contributed by atoms with Crippen LogP contribution < -0.4 is 0 Å². The summed E-state index contributed by atoms with van der Waals surface area (Å²) >= 11 is 5.82. The van der Waals surface area contributed by atoms with Crippen LogP contribution in [0.4, 0.5) is 13.2 Å². The Hall–Kier alpha value is -3.45. The first-order chi connectivity index (χ1) is 13.3. The van der Waals surface area contributed by atoms with Crippen LogP contribution in [0.5, 0.6) is 0 Å². The summed E-state index contributed by atoms with van der Waals surface area (Å²) in [7, 11) is 0. The van der Waals surface area contributed by atoms with Crippen LogP contribution in [-0.2, 0) is 12.7 Å². The standard InChI is InChI=1S/C17H9ClF3N7/c18-16-23-7-11-8-24-27(15(11)25-16)9-10-1-3-12(4-2-10)28-13(6-22)5-14(26-28)17(19,20)21/h1-5,7-8H,9H2. The number of nitriles is 1. The minimum atomic E-state index is -4.62. The second-order valence-electron chi connectivity index (χ2n) is 5.82. The lowest BCUT2D eigenvalue weighted by molar-refractivity contribution is -0.141. The van der Waals surface area contributed by atoms with Crippen molar-refractivity contribution in [3.05, 3.63) is 65.0 Å². The zero-order valence-corrected chi connectivity index (χ0v) is 14.6. The largest absolute Gasteiger partial charge is 0.435 e. The molecule has 3 aromatic heterocycles. The maximum absolute atomic E-state index is 12.9. The lowest BCUT2D eigenvalue weighted by Gasteiger charge is -2.07. The molecule has 0 N–H and O–H groups in total. The van der Waals surface area contributed by atoms with E-state index in [1.807, 2.05) is 0 Å². The van der Waals surface area contributed by atoms with Gasteiger partial charge >= 0.3 is 6.18 Å². The van der Waals surface area contributed by atoms with Gasteiger partial charge in [0.25, 0.3) is 0 Å². The second kappa shape index (κ2) is 6.61. The minimum Gasteiger partial charge on any atom is -0.243 e. The van der Waals surface area contributed by atoms with Crippen molar-refractivity contribution in [1.29, 1.82) is 5.26 Å². The Morgan fingerprint density at radius 3 is 2.57 bits per heavy atom. The molecule has 0 fully saturated rings. The molecule has 0 bridgehead atoms. The summed E-state index contributed by atoms with van der Waals surface area (Å²) in [6, 6.07) is 9.02. The number of hydrogen-bond donors (Lipinski definition) is 0. The van der Waals surface area contributed by atoms with Gasteiger partial charge in [-0.15, -0.1) is 0 Å². The average molecular weight is 404 g/mol. The Morgan fingerprint density at radius 2 is 1.89 bits per heavy atom. The molecule has 3 heterocycles. The van der Waals surface area contributed by atoms with Crippen LogP contribution in [0.3, 0.4) is 0 Å². The van der Waals surface area contributed by atoms with Crippen molar-refractivity contribution < 1.29 is 13.2 Å². The third-order valence-corrected chi connectivity index (χ3v) is 4.16. The van der Waals surface area contributed by atoms with Gasteiger partial charge in [-0.25, -0.2) is 14.3 Å². The molecule has 140 valence electrons. The van der Waals surface area contributed by atoms with E-state index < -0.39 is 11.9 Å². The van der Waals surface area contributed by atoms with Crippen LogP contribution in [0.15, 0.2) is 42.7 Å². The number of rotatable bonds is 3. The first-order valence-electron chi connectivity index (χ1n) is 7.86. The molecule has 0 atom stereocenters. The molecule has 0 amide bonds. The smallest absolute Gasteiger partial charge is 0.243 e. The third kappa shape index (κ3) is 3.27. The average Bonchev–Trinajstić information content (AvgIpc) is 3.27. The highest BCUT2D eigenvalue weighted by atomic mass is 35.5. The fourth-order valence-corrected chi connectivity index (χ4v) is 2.80. The molecule has 0 unspecified atom stereocenters. The van der Waals surface area contributed by atoms with Crippen molar-refractivity contribution in [1.82, 2.24) is 29.5 Å². The Morgan fingerprint density at radius 1 is 1.14 bits per heavy atom. The summed E-state index contributed by atoms with van der Waals surface area (Å²) in [5.41, 5.74) is 0.409. The number of fused-ring (bicyclic) bond motifs is 1. The van der Waals surface area contributed by atoms with Gasteiger partial charge in [-0.3, -0.25) is 0 Å². The van der Waals surface area contributed by atoms with E-state index in [1.54, 1.807) is 47.4 Å². The van der Waals surface area contributed by atoms with Crippen LogP contribution >= 0.6 is 11.6 Å². The Kier molecular flexibility index (Phi) is 4.24. The van der Waals surface area contributed by atoms with E-state index in [2.05, 4.69) is 20.2 Å².